The molecule has 3 nitrogen and oxygen atoms in total. The Kier molecular flexibility index (Phi) is 8.38. The SMILES string of the molecule is CC1(C)c2ccccc2-c2ccc(N(c3ccc(-c4cccc5c4C(C)(C)c4ccccc4-5)cc3)c3cccc4oc5ccc(-c6ccc7c(c6)c6ccccc6n7-c6ccccc6)cc5c34)cc21. The van der Waals surface area contributed by atoms with Gasteiger partial charge in [-0.3, -0.25) is 0 Å². The normalized spacial score (nSPS) is 14.0. The Labute approximate surface area is 402 Å². The topological polar surface area (TPSA) is 21.3 Å². The van der Waals surface area contributed by atoms with E-state index in [0.717, 1.165) is 50.3 Å². The van der Waals surface area contributed by atoms with Gasteiger partial charge in [0.2, 0.25) is 0 Å². The summed E-state index contributed by atoms with van der Waals surface area (Å²) < 4.78 is 9.15. The van der Waals surface area contributed by atoms with Gasteiger partial charge in [-0.05, 0) is 146 Å². The van der Waals surface area contributed by atoms with Crippen molar-refractivity contribution in [2.45, 2.75) is 38.5 Å². The highest BCUT2D eigenvalue weighted by Crippen LogP contribution is 2.54. The summed E-state index contributed by atoms with van der Waals surface area (Å²) in [6, 6.07) is 80.5. The summed E-state index contributed by atoms with van der Waals surface area (Å²) in [4.78, 5) is 2.45. The van der Waals surface area contributed by atoms with Crippen LogP contribution < -0.4 is 4.90 Å². The summed E-state index contributed by atoms with van der Waals surface area (Å²) in [5.41, 5.74) is 23.8. The maximum absolute atomic E-state index is 6.77. The molecule has 0 radical (unpaired) electrons. The lowest BCUT2D eigenvalue weighted by Gasteiger charge is -2.29. The molecule has 69 heavy (non-hydrogen) atoms. The van der Waals surface area contributed by atoms with Crippen molar-refractivity contribution in [1.82, 2.24) is 4.57 Å². The molecule has 14 rings (SSSR count). The Bertz CT molecular complexity index is 4070. The van der Waals surface area contributed by atoms with E-state index in [-0.39, 0.29) is 10.8 Å². The first-order valence-electron chi connectivity index (χ1n) is 24.2. The fourth-order valence-electron chi connectivity index (χ4n) is 12.3. The van der Waals surface area contributed by atoms with E-state index in [4.69, 9.17) is 4.42 Å². The fourth-order valence-corrected chi connectivity index (χ4v) is 12.3. The van der Waals surface area contributed by atoms with E-state index in [0.29, 0.717) is 0 Å². The van der Waals surface area contributed by atoms with Crippen LogP contribution in [0.25, 0.3) is 93.9 Å². The number of hydrogen-bond donors (Lipinski definition) is 0. The molecular weight excluding hydrogens is 837 g/mol. The minimum Gasteiger partial charge on any atom is -0.456 e. The van der Waals surface area contributed by atoms with Crippen LogP contribution in [0.15, 0.2) is 223 Å². The van der Waals surface area contributed by atoms with Gasteiger partial charge in [0.15, 0.2) is 0 Å². The number of hydrogen-bond acceptors (Lipinski definition) is 2. The smallest absolute Gasteiger partial charge is 0.137 e. The highest BCUT2D eigenvalue weighted by atomic mass is 16.3. The molecule has 3 heteroatoms. The number of aromatic nitrogens is 1. The number of para-hydroxylation sites is 2. The van der Waals surface area contributed by atoms with Crippen LogP contribution in [0.1, 0.15) is 49.9 Å². The largest absolute Gasteiger partial charge is 0.456 e. The van der Waals surface area contributed by atoms with Crippen LogP contribution in [0.4, 0.5) is 17.1 Å². The van der Waals surface area contributed by atoms with Gasteiger partial charge in [-0.2, -0.15) is 0 Å². The molecule has 0 amide bonds. The van der Waals surface area contributed by atoms with Crippen molar-refractivity contribution in [1.29, 1.82) is 0 Å². The summed E-state index contributed by atoms with van der Waals surface area (Å²) in [6.07, 6.45) is 0. The highest BCUT2D eigenvalue weighted by molar-refractivity contribution is 6.15. The molecule has 2 heterocycles. The second-order valence-corrected chi connectivity index (χ2v) is 20.1. The van der Waals surface area contributed by atoms with E-state index in [1.165, 1.54) is 83.0 Å². The highest BCUT2D eigenvalue weighted by Gasteiger charge is 2.38. The zero-order chi connectivity index (χ0) is 46.2. The van der Waals surface area contributed by atoms with Crippen molar-refractivity contribution in [3.05, 3.63) is 241 Å². The molecule has 0 bridgehead atoms. The van der Waals surface area contributed by atoms with Crippen molar-refractivity contribution in [3.63, 3.8) is 0 Å². The molecule has 328 valence electrons. The summed E-state index contributed by atoms with van der Waals surface area (Å²) in [7, 11) is 0. The number of fused-ring (bicyclic) bond motifs is 12. The molecule has 0 unspecified atom stereocenters. The van der Waals surface area contributed by atoms with Crippen molar-refractivity contribution in [3.8, 4) is 50.2 Å². The zero-order valence-corrected chi connectivity index (χ0v) is 39.1. The van der Waals surface area contributed by atoms with Crippen molar-refractivity contribution < 1.29 is 4.42 Å². The molecule has 2 aromatic heterocycles. The molecule has 0 spiro atoms. The fraction of sp³-hybridized carbons (Fsp3) is 0.0909. The van der Waals surface area contributed by atoms with Gasteiger partial charge in [0.05, 0.1) is 22.1 Å². The molecule has 0 saturated carbocycles. The molecule has 12 aromatic rings. The Morgan fingerprint density at radius 2 is 0.971 bits per heavy atom. The van der Waals surface area contributed by atoms with E-state index >= 15 is 0 Å². The minimum absolute atomic E-state index is 0.119. The Balaban J connectivity index is 0.942. The molecule has 0 fully saturated rings. The number of rotatable bonds is 6. The van der Waals surface area contributed by atoms with E-state index in [1.54, 1.807) is 0 Å². The van der Waals surface area contributed by atoms with Crippen molar-refractivity contribution in [2.75, 3.05) is 4.90 Å². The molecular formula is C66H48N2O. The maximum Gasteiger partial charge on any atom is 0.137 e. The lowest BCUT2D eigenvalue weighted by Crippen LogP contribution is -2.17. The van der Waals surface area contributed by atoms with E-state index in [2.05, 4.69) is 256 Å². The van der Waals surface area contributed by atoms with Gasteiger partial charge >= 0.3 is 0 Å². The van der Waals surface area contributed by atoms with Gasteiger partial charge in [0, 0.05) is 44.1 Å². The summed E-state index contributed by atoms with van der Waals surface area (Å²) in [5, 5.41) is 4.64. The van der Waals surface area contributed by atoms with Gasteiger partial charge in [0.25, 0.3) is 0 Å². The summed E-state index contributed by atoms with van der Waals surface area (Å²) >= 11 is 0. The average Bonchev–Trinajstić information content (AvgIpc) is 4.07. The van der Waals surface area contributed by atoms with Crippen LogP contribution in [0.3, 0.4) is 0 Å². The van der Waals surface area contributed by atoms with E-state index in [1.807, 2.05) is 0 Å². The molecule has 0 atom stereocenters. The van der Waals surface area contributed by atoms with Gasteiger partial charge in [-0.25, -0.2) is 0 Å². The van der Waals surface area contributed by atoms with Crippen LogP contribution in [-0.2, 0) is 10.8 Å². The number of anilines is 3. The lowest BCUT2D eigenvalue weighted by atomic mass is 9.79. The van der Waals surface area contributed by atoms with Gasteiger partial charge < -0.3 is 13.9 Å². The maximum atomic E-state index is 6.77. The molecule has 0 saturated heterocycles. The standard InChI is InChI=1S/C66H48N2O/c1-65(2)55-23-11-8-18-48(55)50-35-34-46(40-57(50)65)67(45-32-28-41(29-33-45)47-21-14-22-52-49-19-9-12-24-56(49)66(3,4)64(47)52)60-26-15-27-62-63(60)54-39-43(31-37-61(54)69-62)42-30-36-59-53(38-42)51-20-10-13-25-58(51)68(59)44-16-6-5-7-17-44/h5-40H,1-4H3. The van der Waals surface area contributed by atoms with Crippen LogP contribution in [0, 0.1) is 0 Å². The number of benzene rings is 10. The predicted octanol–water partition coefficient (Wildman–Crippen LogP) is 18.1. The third-order valence-electron chi connectivity index (χ3n) is 15.6. The zero-order valence-electron chi connectivity index (χ0n) is 39.1. The average molecular weight is 885 g/mol. The van der Waals surface area contributed by atoms with E-state index < -0.39 is 0 Å². The monoisotopic (exact) mass is 884 g/mol. The van der Waals surface area contributed by atoms with Gasteiger partial charge in [-0.15, -0.1) is 0 Å². The van der Waals surface area contributed by atoms with Crippen molar-refractivity contribution in [2.24, 2.45) is 0 Å². The number of nitrogens with zero attached hydrogens (tertiary/aromatic N) is 2. The van der Waals surface area contributed by atoms with Crippen LogP contribution in [0.5, 0.6) is 0 Å². The second kappa shape index (κ2) is 14.6. The third kappa shape index (κ3) is 5.74. The molecule has 0 N–H and O–H groups in total. The lowest BCUT2D eigenvalue weighted by molar-refractivity contribution is 0.660. The van der Waals surface area contributed by atoms with Crippen LogP contribution >= 0.6 is 0 Å². The van der Waals surface area contributed by atoms with Crippen LogP contribution in [0.2, 0.25) is 0 Å². The quantitative estimate of drug-likeness (QED) is 0.166. The van der Waals surface area contributed by atoms with Crippen molar-refractivity contribution >= 4 is 60.8 Å². The second-order valence-electron chi connectivity index (χ2n) is 20.1. The van der Waals surface area contributed by atoms with Gasteiger partial charge in [-0.1, -0.05) is 167 Å². The first-order chi connectivity index (χ1) is 33.7. The third-order valence-corrected chi connectivity index (χ3v) is 15.6. The van der Waals surface area contributed by atoms with E-state index in [9.17, 15) is 0 Å². The molecule has 2 aliphatic carbocycles. The summed E-state index contributed by atoms with van der Waals surface area (Å²) in [6.45, 7) is 9.46. The Morgan fingerprint density at radius 1 is 0.377 bits per heavy atom. The molecule has 2 aliphatic rings. The number of furan rings is 1. The first kappa shape index (κ1) is 39.7. The predicted molar refractivity (Wildman–Crippen MR) is 289 cm³/mol. The van der Waals surface area contributed by atoms with Gasteiger partial charge in [0.1, 0.15) is 11.2 Å². The first-order valence-corrected chi connectivity index (χ1v) is 24.2. The Hall–Kier alpha value is -8.40. The Morgan fingerprint density at radius 3 is 1.78 bits per heavy atom. The summed E-state index contributed by atoms with van der Waals surface area (Å²) in [5.74, 6) is 0. The molecule has 10 aromatic carbocycles. The molecule has 0 aliphatic heterocycles. The minimum atomic E-state index is -0.159. The van der Waals surface area contributed by atoms with Crippen LogP contribution in [-0.4, -0.2) is 4.57 Å².